The van der Waals surface area contributed by atoms with E-state index in [1.807, 2.05) is 18.2 Å². The van der Waals surface area contributed by atoms with Crippen LogP contribution in [0.5, 0.6) is 0 Å². The number of aromatic amines is 1. The quantitative estimate of drug-likeness (QED) is 0.833. The molecule has 2 rings (SSSR count). The van der Waals surface area contributed by atoms with E-state index in [0.29, 0.717) is 16.7 Å². The van der Waals surface area contributed by atoms with E-state index in [2.05, 4.69) is 11.9 Å². The number of para-hydroxylation sites is 1. The van der Waals surface area contributed by atoms with Crippen LogP contribution >= 0.6 is 12.2 Å². The predicted octanol–water partition coefficient (Wildman–Crippen LogP) is 2.71. The summed E-state index contributed by atoms with van der Waals surface area (Å²) in [6.07, 6.45) is 2.31. The molecule has 1 amide bonds. The third-order valence-corrected chi connectivity index (χ3v) is 4.03. The zero-order chi connectivity index (χ0) is 16.1. The molecule has 0 atom stereocenters. The number of hydrogen-bond donors (Lipinski definition) is 1. The van der Waals surface area contributed by atoms with Crippen molar-refractivity contribution in [3.63, 3.8) is 0 Å². The normalized spacial score (nSPS) is 10.8. The number of fused-ring (bicyclic) bond motifs is 1. The Labute approximate surface area is 134 Å². The smallest absolute Gasteiger partial charge is 0.262 e. The minimum absolute atomic E-state index is 0.0305. The third kappa shape index (κ3) is 3.62. The van der Waals surface area contributed by atoms with Crippen molar-refractivity contribution in [1.29, 1.82) is 0 Å². The van der Waals surface area contributed by atoms with Gasteiger partial charge < -0.3 is 9.88 Å². The maximum Gasteiger partial charge on any atom is 0.262 e. The Morgan fingerprint density at radius 2 is 2.09 bits per heavy atom. The molecule has 0 unspecified atom stereocenters. The Bertz CT molecular complexity index is 779. The first-order valence-electron chi connectivity index (χ1n) is 7.50. The lowest BCUT2D eigenvalue weighted by Gasteiger charge is -2.17. The van der Waals surface area contributed by atoms with Gasteiger partial charge in [0.15, 0.2) is 4.77 Å². The number of nitrogens with zero attached hydrogens (tertiary/aromatic N) is 2. The van der Waals surface area contributed by atoms with Crippen LogP contribution in [0.15, 0.2) is 29.1 Å². The van der Waals surface area contributed by atoms with E-state index in [-0.39, 0.29) is 17.9 Å². The molecule has 6 heteroatoms. The van der Waals surface area contributed by atoms with E-state index in [4.69, 9.17) is 12.2 Å². The van der Waals surface area contributed by atoms with Crippen molar-refractivity contribution in [3.05, 3.63) is 39.4 Å². The second-order valence-electron chi connectivity index (χ2n) is 5.35. The molecule has 0 saturated carbocycles. The highest BCUT2D eigenvalue weighted by molar-refractivity contribution is 7.71. The molecule has 0 aliphatic heterocycles. The van der Waals surface area contributed by atoms with Gasteiger partial charge >= 0.3 is 0 Å². The number of hydrogen-bond acceptors (Lipinski definition) is 3. The molecule has 118 valence electrons. The number of unbranched alkanes of at least 4 members (excludes halogenated alkanes) is 1. The highest BCUT2D eigenvalue weighted by Gasteiger charge is 2.10. The molecule has 0 bridgehead atoms. The SMILES string of the molecule is CCCCN(C)C(=O)CCn1c(=S)[nH]c2ccccc2c1=O. The van der Waals surface area contributed by atoms with Crippen molar-refractivity contribution >= 4 is 29.0 Å². The average molecular weight is 319 g/mol. The summed E-state index contributed by atoms with van der Waals surface area (Å²) >= 11 is 5.24. The fourth-order valence-corrected chi connectivity index (χ4v) is 2.60. The average Bonchev–Trinajstić information content (AvgIpc) is 2.52. The molecule has 1 N–H and O–H groups in total. The fraction of sp³-hybridized carbons (Fsp3) is 0.438. The minimum atomic E-state index is -0.150. The minimum Gasteiger partial charge on any atom is -0.346 e. The fourth-order valence-electron chi connectivity index (χ4n) is 2.32. The topological polar surface area (TPSA) is 58.1 Å². The zero-order valence-corrected chi connectivity index (χ0v) is 13.8. The van der Waals surface area contributed by atoms with Crippen molar-refractivity contribution < 1.29 is 4.79 Å². The van der Waals surface area contributed by atoms with Crippen LogP contribution in [0.1, 0.15) is 26.2 Å². The van der Waals surface area contributed by atoms with Gasteiger partial charge in [0.2, 0.25) is 5.91 Å². The van der Waals surface area contributed by atoms with Gasteiger partial charge in [-0.25, -0.2) is 0 Å². The number of carbonyl (C=O) groups is 1. The van der Waals surface area contributed by atoms with E-state index < -0.39 is 0 Å². The lowest BCUT2D eigenvalue weighted by Crippen LogP contribution is -2.30. The molecular formula is C16H21N3O2S. The zero-order valence-electron chi connectivity index (χ0n) is 13.0. The molecule has 0 radical (unpaired) electrons. The molecule has 5 nitrogen and oxygen atoms in total. The van der Waals surface area contributed by atoms with Crippen molar-refractivity contribution in [2.75, 3.05) is 13.6 Å². The van der Waals surface area contributed by atoms with Gasteiger partial charge in [0.1, 0.15) is 0 Å². The van der Waals surface area contributed by atoms with Crippen LogP contribution in [0.4, 0.5) is 0 Å². The van der Waals surface area contributed by atoms with Crippen LogP contribution < -0.4 is 5.56 Å². The van der Waals surface area contributed by atoms with Gasteiger partial charge in [-0.1, -0.05) is 25.5 Å². The molecule has 1 aromatic carbocycles. The number of carbonyl (C=O) groups excluding carboxylic acids is 1. The number of H-pyrrole nitrogens is 1. The van der Waals surface area contributed by atoms with E-state index in [1.165, 1.54) is 4.57 Å². The maximum absolute atomic E-state index is 12.5. The first-order valence-corrected chi connectivity index (χ1v) is 7.91. The number of amides is 1. The monoisotopic (exact) mass is 319 g/mol. The van der Waals surface area contributed by atoms with Gasteiger partial charge in [-0.2, -0.15) is 0 Å². The number of rotatable bonds is 6. The molecule has 0 aliphatic rings. The number of nitrogens with one attached hydrogen (secondary N) is 1. The van der Waals surface area contributed by atoms with Crippen LogP contribution in [0.3, 0.4) is 0 Å². The van der Waals surface area contributed by atoms with Crippen LogP contribution in [0.2, 0.25) is 0 Å². The molecule has 1 aromatic heterocycles. The van der Waals surface area contributed by atoms with E-state index in [0.717, 1.165) is 24.9 Å². The molecule has 0 aliphatic carbocycles. The van der Waals surface area contributed by atoms with Gasteiger partial charge in [-0.3, -0.25) is 14.2 Å². The van der Waals surface area contributed by atoms with Crippen molar-refractivity contribution in [2.45, 2.75) is 32.7 Å². The second-order valence-corrected chi connectivity index (χ2v) is 5.74. The summed E-state index contributed by atoms with van der Waals surface area (Å²) in [6.45, 7) is 3.13. The van der Waals surface area contributed by atoms with Crippen LogP contribution in [0.25, 0.3) is 10.9 Å². The van der Waals surface area contributed by atoms with Crippen LogP contribution in [-0.4, -0.2) is 34.0 Å². The standard InChI is InChI=1S/C16H21N3O2S/c1-3-4-10-18(2)14(20)9-11-19-15(21)12-7-5-6-8-13(12)17-16(19)22/h5-8H,3-4,9-11H2,1-2H3,(H,17,22). The summed E-state index contributed by atoms with van der Waals surface area (Å²) in [7, 11) is 1.79. The first-order chi connectivity index (χ1) is 10.5. The lowest BCUT2D eigenvalue weighted by atomic mass is 10.2. The molecule has 0 saturated heterocycles. The third-order valence-electron chi connectivity index (χ3n) is 3.71. The van der Waals surface area contributed by atoms with Gasteiger partial charge in [-0.15, -0.1) is 0 Å². The summed E-state index contributed by atoms with van der Waals surface area (Å²) in [6, 6.07) is 7.24. The van der Waals surface area contributed by atoms with Gasteiger partial charge in [0, 0.05) is 26.6 Å². The highest BCUT2D eigenvalue weighted by Crippen LogP contribution is 2.06. The largest absolute Gasteiger partial charge is 0.346 e. The lowest BCUT2D eigenvalue weighted by molar-refractivity contribution is -0.130. The van der Waals surface area contributed by atoms with Gasteiger partial charge in [0.25, 0.3) is 5.56 Å². The summed E-state index contributed by atoms with van der Waals surface area (Å²) in [4.78, 5) is 29.3. The summed E-state index contributed by atoms with van der Waals surface area (Å²) in [5.74, 6) is 0.0305. The van der Waals surface area contributed by atoms with Crippen molar-refractivity contribution in [3.8, 4) is 0 Å². The second kappa shape index (κ2) is 7.35. The molecule has 0 spiro atoms. The van der Waals surface area contributed by atoms with Gasteiger partial charge in [-0.05, 0) is 30.8 Å². The molecule has 22 heavy (non-hydrogen) atoms. The number of aromatic nitrogens is 2. The van der Waals surface area contributed by atoms with Gasteiger partial charge in [0.05, 0.1) is 10.9 Å². The number of benzene rings is 1. The molecular weight excluding hydrogens is 298 g/mol. The van der Waals surface area contributed by atoms with E-state index >= 15 is 0 Å². The highest BCUT2D eigenvalue weighted by atomic mass is 32.1. The molecule has 2 aromatic rings. The Morgan fingerprint density at radius 1 is 1.36 bits per heavy atom. The predicted molar refractivity (Wildman–Crippen MR) is 90.6 cm³/mol. The van der Waals surface area contributed by atoms with Crippen LogP contribution in [0, 0.1) is 4.77 Å². The van der Waals surface area contributed by atoms with Crippen molar-refractivity contribution in [2.24, 2.45) is 0 Å². The Hall–Kier alpha value is -1.95. The van der Waals surface area contributed by atoms with E-state index in [1.54, 1.807) is 18.0 Å². The Kier molecular flexibility index (Phi) is 5.49. The summed E-state index contributed by atoms with van der Waals surface area (Å²) in [5, 5.41) is 0.586. The summed E-state index contributed by atoms with van der Waals surface area (Å²) < 4.78 is 1.82. The Morgan fingerprint density at radius 3 is 2.82 bits per heavy atom. The van der Waals surface area contributed by atoms with Crippen molar-refractivity contribution in [1.82, 2.24) is 14.5 Å². The molecule has 1 heterocycles. The summed E-state index contributed by atoms with van der Waals surface area (Å²) in [5.41, 5.74) is 0.573. The molecule has 0 fully saturated rings. The van der Waals surface area contributed by atoms with E-state index in [9.17, 15) is 9.59 Å². The van der Waals surface area contributed by atoms with Crippen LogP contribution in [-0.2, 0) is 11.3 Å². The first kappa shape index (κ1) is 16.4. The Balaban J connectivity index is 2.17. The maximum atomic E-state index is 12.5.